The molecule has 0 saturated heterocycles. The van der Waals surface area contributed by atoms with Gasteiger partial charge in [0, 0.05) is 37.1 Å². The summed E-state index contributed by atoms with van der Waals surface area (Å²) >= 11 is 0.667. The fraction of sp³-hybridized carbons (Fsp3) is 1.00. The average Bonchev–Trinajstić information content (AvgIpc) is 1.69. The predicted octanol–water partition coefficient (Wildman–Crippen LogP) is 0.955. The first-order valence-corrected chi connectivity index (χ1v) is 6.25. The summed E-state index contributed by atoms with van der Waals surface area (Å²) in [7, 11) is 0. The van der Waals surface area contributed by atoms with Crippen molar-refractivity contribution < 1.29 is 19.8 Å². The van der Waals surface area contributed by atoms with Crippen LogP contribution in [-0.2, 0) is 19.8 Å². The molecule has 1 radical (unpaired) electrons. The summed E-state index contributed by atoms with van der Waals surface area (Å²) in [6.45, 7) is 1.19. The smallest absolute Gasteiger partial charge is 0 e. The van der Waals surface area contributed by atoms with Crippen LogP contribution in [-0.4, -0.2) is 13.1 Å². The number of hydrogen-bond acceptors (Lipinski definition) is 2. The molecule has 4 N–H and O–H groups in total. The molecule has 0 aromatic heterocycles. The van der Waals surface area contributed by atoms with Crippen molar-refractivity contribution in [1.29, 1.82) is 0 Å². The van der Waals surface area contributed by atoms with Crippen LogP contribution in [0.25, 0.3) is 0 Å². The predicted molar refractivity (Wildman–Crippen MR) is 43.9 cm³/mol. The Bertz CT molecular complexity index is 21.5. The second-order valence-electron chi connectivity index (χ2n) is 0.879. The molecule has 0 bridgehead atoms. The molecule has 0 atom stereocenters. The van der Waals surface area contributed by atoms with Gasteiger partial charge in [-0.3, -0.25) is 0 Å². The molecule has 4 heteroatoms. The molecule has 8 heavy (non-hydrogen) atoms. The summed E-state index contributed by atoms with van der Waals surface area (Å²) in [5.74, 6) is 0. The van der Waals surface area contributed by atoms with Gasteiger partial charge >= 0.3 is 30.0 Å². The van der Waals surface area contributed by atoms with E-state index >= 15 is 0 Å². The molecule has 2 nitrogen and oxygen atoms in total. The third-order valence-electron chi connectivity index (χ3n) is 0.167. The first-order chi connectivity index (χ1) is 3.33. The number of rotatable bonds is 1. The molecule has 0 spiro atoms. The van der Waals surface area contributed by atoms with E-state index in [2.05, 4.69) is 10.3 Å². The van der Waals surface area contributed by atoms with Gasteiger partial charge in [-0.15, -0.1) is 0 Å². The Morgan fingerprint density at radius 3 is 1.25 bits per heavy atom. The van der Waals surface area contributed by atoms with Crippen molar-refractivity contribution in [3.63, 3.8) is 0 Å². The monoisotopic (exact) mass is 414 g/mol. The fourth-order valence-corrected chi connectivity index (χ4v) is 0. The van der Waals surface area contributed by atoms with E-state index in [1.54, 1.807) is 0 Å². The Labute approximate surface area is 78.1 Å². The van der Waals surface area contributed by atoms with Crippen molar-refractivity contribution in [3.8, 4) is 0 Å². The van der Waals surface area contributed by atoms with Crippen molar-refractivity contribution in [1.82, 2.24) is 0 Å². The molecule has 0 rings (SSSR count). The number of nitrogens with two attached hydrogens (primary N) is 2. The topological polar surface area (TPSA) is 52.0 Å². The van der Waals surface area contributed by atoms with Gasteiger partial charge in [0.1, 0.15) is 0 Å². The number of halogens is 1. The van der Waals surface area contributed by atoms with Crippen molar-refractivity contribution >= 4 is 24.0 Å². The molecule has 0 aliphatic rings. The van der Waals surface area contributed by atoms with Crippen molar-refractivity contribution in [2.75, 3.05) is 13.1 Å². The molecule has 0 aliphatic carbocycles. The van der Waals surface area contributed by atoms with Crippen LogP contribution in [0.2, 0.25) is 10.3 Å². The van der Waals surface area contributed by atoms with Crippen LogP contribution in [0, 0.1) is 0 Å². The van der Waals surface area contributed by atoms with E-state index in [1.165, 1.54) is 0 Å². The molecule has 0 unspecified atom stereocenters. The second kappa shape index (κ2) is 23.8. The second-order valence-corrected chi connectivity index (χ2v) is 3.05. The molecule has 0 aromatic carbocycles. The third kappa shape index (κ3) is 52.8. The van der Waals surface area contributed by atoms with Crippen LogP contribution >= 0.6 is 24.0 Å². The first kappa shape index (κ1) is 16.2. The summed E-state index contributed by atoms with van der Waals surface area (Å²) in [5.41, 5.74) is 9.81. The van der Waals surface area contributed by atoms with Gasteiger partial charge in [-0.1, -0.05) is 0 Å². The van der Waals surface area contributed by atoms with Crippen LogP contribution in [0.3, 0.4) is 0 Å². The average molecular weight is 414 g/mol. The van der Waals surface area contributed by atoms with Crippen LogP contribution < -0.4 is 11.5 Å². The Hall–Kier alpha value is 1.39. The minimum Gasteiger partial charge on any atom is 0 e. The zero-order chi connectivity index (χ0) is 6.12. The van der Waals surface area contributed by atoms with Gasteiger partial charge in [0.05, 0.1) is 0 Å². The van der Waals surface area contributed by atoms with E-state index in [0.717, 1.165) is 0 Å². The normalized spacial score (nSPS) is 6.50. The quantitative estimate of drug-likeness (QED) is 0.497. The molecular weight excluding hydrogens is 400 g/mol. The van der Waals surface area contributed by atoms with Gasteiger partial charge < -0.3 is 11.5 Å². The number of hydrogen-bond donors (Lipinski definition) is 2. The molecule has 0 aliphatic heterocycles. The van der Waals surface area contributed by atoms with Crippen LogP contribution in [0.15, 0.2) is 0 Å². The Morgan fingerprint density at radius 1 is 1.12 bits per heavy atom. The summed E-state index contributed by atoms with van der Waals surface area (Å²) in [6.07, 6.45) is 0. The molecule has 0 amide bonds. The van der Waals surface area contributed by atoms with Gasteiger partial charge in [-0.2, -0.15) is 0 Å². The molecule has 58 valence electrons. The maximum absolute atomic E-state index is 4.90. The first-order valence-electron chi connectivity index (χ1n) is 1.92. The van der Waals surface area contributed by atoms with Crippen LogP contribution in [0.1, 0.15) is 0 Å². The van der Waals surface area contributed by atoms with Gasteiger partial charge in [0.25, 0.3) is 0 Å². The van der Waals surface area contributed by atoms with Crippen LogP contribution in [0.5, 0.6) is 0 Å². The molecular formula is C4H14AuIN2. The van der Waals surface area contributed by atoms with E-state index in [0.29, 0.717) is 32.8 Å². The summed E-state index contributed by atoms with van der Waals surface area (Å²) < 4.78 is 0. The zero-order valence-corrected chi connectivity index (χ0v) is 9.57. The zero-order valence-electron chi connectivity index (χ0n) is 5.25. The van der Waals surface area contributed by atoms with Gasteiger partial charge in [-0.05, 0) is 0 Å². The standard InChI is InChI=1S/C2H8N2.2CH3.Au.I/c3-1-2-4;;;;/h1-4H2;2*1H3;;. The molecule has 0 saturated carbocycles. The van der Waals surface area contributed by atoms with E-state index < -0.39 is 0 Å². The van der Waals surface area contributed by atoms with E-state index in [1.807, 2.05) is 0 Å². The SMILES string of the molecule is NCCN.[CH3][Au][CH3].[I]. The maximum Gasteiger partial charge on any atom is 0 e. The van der Waals surface area contributed by atoms with Crippen molar-refractivity contribution in [3.05, 3.63) is 0 Å². The Balaban J connectivity index is -0.0000000575. The Morgan fingerprint density at radius 2 is 1.25 bits per heavy atom. The molecule has 0 fully saturated rings. The maximum atomic E-state index is 4.90. The van der Waals surface area contributed by atoms with Gasteiger partial charge in [-0.25, -0.2) is 0 Å². The minimum atomic E-state index is 0. The Kier molecular flexibility index (Phi) is 48.1. The van der Waals surface area contributed by atoms with Crippen LogP contribution in [0.4, 0.5) is 0 Å². The summed E-state index contributed by atoms with van der Waals surface area (Å²) in [5, 5.41) is 4.44. The van der Waals surface area contributed by atoms with Gasteiger partial charge in [0.2, 0.25) is 0 Å². The molecule has 0 heterocycles. The fourth-order valence-electron chi connectivity index (χ4n) is 0. The van der Waals surface area contributed by atoms with Crippen molar-refractivity contribution in [2.45, 2.75) is 10.3 Å². The van der Waals surface area contributed by atoms with E-state index in [9.17, 15) is 0 Å². The largest absolute Gasteiger partial charge is 0 e. The van der Waals surface area contributed by atoms with E-state index in [-0.39, 0.29) is 24.0 Å². The van der Waals surface area contributed by atoms with Gasteiger partial charge in [0.15, 0.2) is 0 Å². The minimum absolute atomic E-state index is 0. The third-order valence-corrected chi connectivity index (χ3v) is 0.167. The summed E-state index contributed by atoms with van der Waals surface area (Å²) in [4.78, 5) is 0. The summed E-state index contributed by atoms with van der Waals surface area (Å²) in [6, 6.07) is 0. The molecule has 0 aromatic rings. The van der Waals surface area contributed by atoms with Crippen molar-refractivity contribution in [2.24, 2.45) is 11.5 Å². The van der Waals surface area contributed by atoms with E-state index in [4.69, 9.17) is 11.5 Å².